The predicted molar refractivity (Wildman–Crippen MR) is 136 cm³/mol. The molecule has 0 aliphatic heterocycles. The number of ether oxygens (including phenoxy) is 1. The van der Waals surface area contributed by atoms with Crippen LogP contribution in [0.4, 0.5) is 10.5 Å². The third kappa shape index (κ3) is 8.30. The topological polar surface area (TPSA) is 96.5 Å². The number of rotatable bonds is 8. The maximum absolute atomic E-state index is 13.2. The van der Waals surface area contributed by atoms with Crippen molar-refractivity contribution in [3.05, 3.63) is 102 Å². The smallest absolute Gasteiger partial charge is 0.408 e. The molecular weight excluding hydrogens is 442 g/mol. The third-order valence-electron chi connectivity index (χ3n) is 5.03. The van der Waals surface area contributed by atoms with Crippen LogP contribution >= 0.6 is 0 Å². The first kappa shape index (κ1) is 25.5. The van der Waals surface area contributed by atoms with Crippen LogP contribution in [0.25, 0.3) is 0 Å². The standard InChI is InChI=1S/C28H31N3O4/c1-28(2,3)35-27(34)30-19-24(32)29-18-20-14-16-23(17-15-20)31-26(33)25(21-10-6-4-7-11-21)22-12-8-5-9-13-22/h4-17,25H,18-19H2,1-3H3,(H,29,32)(H,30,34)(H,31,33). The fraction of sp³-hybridized carbons (Fsp3) is 0.250. The average molecular weight is 474 g/mol. The number of hydrogen-bond acceptors (Lipinski definition) is 4. The Labute approximate surface area is 205 Å². The van der Waals surface area contributed by atoms with Crippen molar-refractivity contribution in [3.8, 4) is 0 Å². The molecule has 182 valence electrons. The van der Waals surface area contributed by atoms with Crippen LogP contribution in [0, 0.1) is 0 Å². The first-order valence-corrected chi connectivity index (χ1v) is 11.4. The van der Waals surface area contributed by atoms with E-state index in [1.54, 1.807) is 32.9 Å². The van der Waals surface area contributed by atoms with Gasteiger partial charge in [0.2, 0.25) is 11.8 Å². The maximum Gasteiger partial charge on any atom is 0.408 e. The zero-order valence-corrected chi connectivity index (χ0v) is 20.2. The average Bonchev–Trinajstić information content (AvgIpc) is 2.83. The lowest BCUT2D eigenvalue weighted by atomic mass is 9.90. The van der Waals surface area contributed by atoms with E-state index >= 15 is 0 Å². The van der Waals surface area contributed by atoms with Gasteiger partial charge < -0.3 is 20.7 Å². The monoisotopic (exact) mass is 473 g/mol. The number of hydrogen-bond donors (Lipinski definition) is 3. The lowest BCUT2D eigenvalue weighted by Crippen LogP contribution is -2.39. The van der Waals surface area contributed by atoms with Crippen molar-refractivity contribution in [1.29, 1.82) is 0 Å². The van der Waals surface area contributed by atoms with Crippen molar-refractivity contribution in [2.45, 2.75) is 38.8 Å². The van der Waals surface area contributed by atoms with Crippen molar-refractivity contribution < 1.29 is 19.1 Å². The number of benzene rings is 3. The van der Waals surface area contributed by atoms with Crippen LogP contribution in [0.3, 0.4) is 0 Å². The summed E-state index contributed by atoms with van der Waals surface area (Å²) in [6.45, 7) is 5.37. The molecule has 0 saturated heterocycles. The summed E-state index contributed by atoms with van der Waals surface area (Å²) in [6.07, 6.45) is -0.642. The molecule has 3 rings (SSSR count). The predicted octanol–water partition coefficient (Wildman–Crippen LogP) is 4.60. The molecule has 0 bridgehead atoms. The summed E-state index contributed by atoms with van der Waals surface area (Å²) in [5.41, 5.74) is 2.72. The van der Waals surface area contributed by atoms with Gasteiger partial charge in [0.05, 0.1) is 5.92 Å². The van der Waals surface area contributed by atoms with E-state index in [4.69, 9.17) is 4.74 Å². The Morgan fingerprint density at radius 1 is 0.771 bits per heavy atom. The molecule has 35 heavy (non-hydrogen) atoms. The third-order valence-corrected chi connectivity index (χ3v) is 5.03. The summed E-state index contributed by atoms with van der Waals surface area (Å²) in [4.78, 5) is 36.9. The molecule has 0 aliphatic rings. The summed E-state index contributed by atoms with van der Waals surface area (Å²) in [7, 11) is 0. The van der Waals surface area contributed by atoms with Crippen LogP contribution in [-0.4, -0.2) is 30.1 Å². The van der Waals surface area contributed by atoms with E-state index in [1.165, 1.54) is 0 Å². The fourth-order valence-corrected chi connectivity index (χ4v) is 3.44. The van der Waals surface area contributed by atoms with E-state index in [1.807, 2.05) is 72.8 Å². The van der Waals surface area contributed by atoms with Gasteiger partial charge in [0.1, 0.15) is 12.1 Å². The number of carbonyl (C=O) groups excluding carboxylic acids is 3. The molecule has 7 nitrogen and oxygen atoms in total. The summed E-state index contributed by atoms with van der Waals surface area (Å²) in [5, 5.41) is 8.16. The second-order valence-electron chi connectivity index (χ2n) is 9.07. The van der Waals surface area contributed by atoms with Crippen molar-refractivity contribution in [1.82, 2.24) is 10.6 Å². The maximum atomic E-state index is 13.2. The molecule has 0 spiro atoms. The van der Waals surface area contributed by atoms with Gasteiger partial charge in [0, 0.05) is 12.2 Å². The zero-order chi connectivity index (χ0) is 25.3. The number of alkyl carbamates (subject to hydrolysis) is 1. The molecule has 0 fully saturated rings. The van der Waals surface area contributed by atoms with E-state index in [-0.39, 0.29) is 18.4 Å². The number of amides is 3. The van der Waals surface area contributed by atoms with Gasteiger partial charge in [-0.1, -0.05) is 72.8 Å². The lowest BCUT2D eigenvalue weighted by molar-refractivity contribution is -0.120. The Kier molecular flexibility index (Phi) is 8.62. The highest BCUT2D eigenvalue weighted by Crippen LogP contribution is 2.26. The minimum atomic E-state index is -0.642. The Morgan fingerprint density at radius 3 is 1.83 bits per heavy atom. The van der Waals surface area contributed by atoms with Gasteiger partial charge >= 0.3 is 6.09 Å². The quantitative estimate of drug-likeness (QED) is 0.446. The Hall–Kier alpha value is -4.13. The molecular formula is C28H31N3O4. The number of anilines is 1. The molecule has 0 unspecified atom stereocenters. The first-order chi connectivity index (χ1) is 16.7. The van der Waals surface area contributed by atoms with Crippen LogP contribution < -0.4 is 16.0 Å². The number of carbonyl (C=O) groups is 3. The molecule has 3 N–H and O–H groups in total. The highest BCUT2D eigenvalue weighted by molar-refractivity contribution is 5.98. The van der Waals surface area contributed by atoms with Crippen molar-refractivity contribution >= 4 is 23.6 Å². The molecule has 3 amide bonds. The molecule has 0 aliphatic carbocycles. The van der Waals surface area contributed by atoms with E-state index in [9.17, 15) is 14.4 Å². The van der Waals surface area contributed by atoms with Gasteiger partial charge in [-0.05, 0) is 49.6 Å². The van der Waals surface area contributed by atoms with Crippen molar-refractivity contribution in [2.24, 2.45) is 0 Å². The van der Waals surface area contributed by atoms with Gasteiger partial charge in [-0.3, -0.25) is 9.59 Å². The molecule has 0 atom stereocenters. The van der Waals surface area contributed by atoms with E-state index in [0.717, 1.165) is 16.7 Å². The van der Waals surface area contributed by atoms with Gasteiger partial charge in [0.15, 0.2) is 0 Å². The van der Waals surface area contributed by atoms with Gasteiger partial charge in [-0.15, -0.1) is 0 Å². The molecule has 3 aromatic carbocycles. The highest BCUT2D eigenvalue weighted by atomic mass is 16.6. The van der Waals surface area contributed by atoms with Crippen LogP contribution in [0.2, 0.25) is 0 Å². The van der Waals surface area contributed by atoms with Crippen molar-refractivity contribution in [2.75, 3.05) is 11.9 Å². The van der Waals surface area contributed by atoms with Gasteiger partial charge in [0.25, 0.3) is 0 Å². The first-order valence-electron chi connectivity index (χ1n) is 11.4. The minimum Gasteiger partial charge on any atom is -0.444 e. The normalized spacial score (nSPS) is 11.0. The Bertz CT molecular complexity index is 1080. The molecule has 3 aromatic rings. The highest BCUT2D eigenvalue weighted by Gasteiger charge is 2.22. The van der Waals surface area contributed by atoms with Gasteiger partial charge in [-0.25, -0.2) is 4.79 Å². The zero-order valence-electron chi connectivity index (χ0n) is 20.2. The van der Waals surface area contributed by atoms with E-state index in [2.05, 4.69) is 16.0 Å². The summed E-state index contributed by atoms with van der Waals surface area (Å²) in [5.74, 6) is -0.896. The second kappa shape index (κ2) is 11.8. The number of nitrogens with one attached hydrogen (secondary N) is 3. The van der Waals surface area contributed by atoms with E-state index < -0.39 is 17.6 Å². The van der Waals surface area contributed by atoms with Gasteiger partial charge in [-0.2, -0.15) is 0 Å². The summed E-state index contributed by atoms with van der Waals surface area (Å²) < 4.78 is 5.10. The molecule has 0 saturated carbocycles. The lowest BCUT2D eigenvalue weighted by Gasteiger charge is -2.19. The van der Waals surface area contributed by atoms with Crippen LogP contribution in [0.15, 0.2) is 84.9 Å². The SMILES string of the molecule is CC(C)(C)OC(=O)NCC(=O)NCc1ccc(NC(=O)C(c2ccccc2)c2ccccc2)cc1. The summed E-state index contributed by atoms with van der Waals surface area (Å²) >= 11 is 0. The largest absolute Gasteiger partial charge is 0.444 e. The second-order valence-corrected chi connectivity index (χ2v) is 9.07. The Balaban J connectivity index is 1.55. The van der Waals surface area contributed by atoms with Crippen LogP contribution in [-0.2, 0) is 20.9 Å². The minimum absolute atomic E-state index is 0.128. The van der Waals surface area contributed by atoms with Crippen molar-refractivity contribution in [3.63, 3.8) is 0 Å². The van der Waals surface area contributed by atoms with E-state index in [0.29, 0.717) is 12.2 Å². The molecule has 7 heteroatoms. The van der Waals surface area contributed by atoms with Crippen LogP contribution in [0.5, 0.6) is 0 Å². The molecule has 0 heterocycles. The fourth-order valence-electron chi connectivity index (χ4n) is 3.44. The Morgan fingerprint density at radius 2 is 1.31 bits per heavy atom. The summed E-state index contributed by atoms with van der Waals surface area (Å²) in [6, 6.07) is 26.6. The van der Waals surface area contributed by atoms with Crippen LogP contribution in [0.1, 0.15) is 43.4 Å². The molecule has 0 radical (unpaired) electrons. The molecule has 0 aromatic heterocycles.